The molecule has 2 rings (SSSR count). The fraction of sp³-hybridized carbons (Fsp3) is 0.154. The number of aromatic nitrogens is 1. The Morgan fingerprint density at radius 2 is 2.20 bits per heavy atom. The van der Waals surface area contributed by atoms with Crippen molar-refractivity contribution in [3.63, 3.8) is 0 Å². The minimum absolute atomic E-state index is 0.124. The summed E-state index contributed by atoms with van der Waals surface area (Å²) < 4.78 is 6.17. The number of nitro groups is 1. The van der Waals surface area contributed by atoms with Gasteiger partial charge in [-0.15, -0.1) is 0 Å². The topological polar surface area (TPSA) is 91.3 Å². The van der Waals surface area contributed by atoms with Crippen LogP contribution in [0.3, 0.4) is 0 Å². The Morgan fingerprint density at radius 1 is 1.45 bits per heavy atom. The third-order valence-electron chi connectivity index (χ3n) is 2.62. The summed E-state index contributed by atoms with van der Waals surface area (Å²) >= 11 is 3.19. The fourth-order valence-corrected chi connectivity index (χ4v) is 2.01. The van der Waals surface area contributed by atoms with Crippen LogP contribution in [0.15, 0.2) is 41.0 Å². The van der Waals surface area contributed by atoms with Gasteiger partial charge in [0.25, 0.3) is 0 Å². The molecular weight excluding hydrogens is 326 g/mol. The maximum atomic E-state index is 11.0. The molecule has 0 fully saturated rings. The lowest BCUT2D eigenvalue weighted by molar-refractivity contribution is -0.385. The molecule has 0 amide bonds. The number of hydrogen-bond donors (Lipinski definition) is 1. The van der Waals surface area contributed by atoms with Crippen molar-refractivity contribution in [3.05, 3.63) is 56.7 Å². The van der Waals surface area contributed by atoms with Gasteiger partial charge in [-0.3, -0.25) is 10.1 Å². The lowest BCUT2D eigenvalue weighted by atomic mass is 10.1. The van der Waals surface area contributed by atoms with Gasteiger partial charge in [-0.25, -0.2) is 4.98 Å². The minimum Gasteiger partial charge on any atom is -0.431 e. The highest BCUT2D eigenvalue weighted by Gasteiger charge is 2.18. The van der Waals surface area contributed by atoms with Crippen LogP contribution in [-0.4, -0.2) is 9.91 Å². The van der Waals surface area contributed by atoms with Gasteiger partial charge in [0.1, 0.15) is 0 Å². The molecule has 0 spiro atoms. The van der Waals surface area contributed by atoms with Crippen molar-refractivity contribution in [3.8, 4) is 11.6 Å². The lowest BCUT2D eigenvalue weighted by Gasteiger charge is -2.12. The number of halogens is 1. The first kappa shape index (κ1) is 14.4. The molecule has 2 N–H and O–H groups in total. The Hall–Kier alpha value is -1.99. The quantitative estimate of drug-likeness (QED) is 0.680. The molecule has 20 heavy (non-hydrogen) atoms. The summed E-state index contributed by atoms with van der Waals surface area (Å²) in [6, 6.07) is 7.79. The van der Waals surface area contributed by atoms with Gasteiger partial charge in [0.05, 0.1) is 4.92 Å². The van der Waals surface area contributed by atoms with E-state index >= 15 is 0 Å². The van der Waals surface area contributed by atoms with Crippen molar-refractivity contribution in [2.45, 2.75) is 13.0 Å². The average Bonchev–Trinajstić information content (AvgIpc) is 2.41. The number of hydrogen-bond acceptors (Lipinski definition) is 5. The second kappa shape index (κ2) is 5.98. The molecule has 0 bridgehead atoms. The van der Waals surface area contributed by atoms with Crippen LogP contribution in [-0.2, 0) is 0 Å². The van der Waals surface area contributed by atoms with E-state index in [0.29, 0.717) is 10.0 Å². The first-order valence-corrected chi connectivity index (χ1v) is 6.60. The van der Waals surface area contributed by atoms with Gasteiger partial charge < -0.3 is 10.5 Å². The number of benzene rings is 1. The van der Waals surface area contributed by atoms with E-state index in [-0.39, 0.29) is 23.4 Å². The van der Waals surface area contributed by atoms with E-state index in [1.807, 2.05) is 0 Å². The second-order valence-corrected chi connectivity index (χ2v) is 5.07. The van der Waals surface area contributed by atoms with E-state index in [2.05, 4.69) is 20.9 Å². The number of rotatable bonds is 4. The molecule has 0 saturated heterocycles. The first-order valence-electron chi connectivity index (χ1n) is 5.81. The summed E-state index contributed by atoms with van der Waals surface area (Å²) in [5.74, 6) is 0.395. The van der Waals surface area contributed by atoms with Crippen LogP contribution >= 0.6 is 15.9 Å². The zero-order valence-corrected chi connectivity index (χ0v) is 12.2. The van der Waals surface area contributed by atoms with E-state index in [9.17, 15) is 10.1 Å². The lowest BCUT2D eigenvalue weighted by Crippen LogP contribution is -2.07. The zero-order chi connectivity index (χ0) is 14.7. The molecule has 1 unspecified atom stereocenters. The zero-order valence-electron chi connectivity index (χ0n) is 10.6. The van der Waals surface area contributed by atoms with Crippen molar-refractivity contribution in [1.29, 1.82) is 0 Å². The Kier molecular flexibility index (Phi) is 4.31. The highest BCUT2D eigenvalue weighted by molar-refractivity contribution is 9.10. The van der Waals surface area contributed by atoms with Crippen LogP contribution in [0, 0.1) is 10.1 Å². The summed E-state index contributed by atoms with van der Waals surface area (Å²) in [4.78, 5) is 14.6. The van der Waals surface area contributed by atoms with E-state index in [4.69, 9.17) is 10.5 Å². The Bertz CT molecular complexity index is 647. The maximum absolute atomic E-state index is 11.0. The molecule has 1 atom stereocenters. The molecule has 0 aliphatic heterocycles. The predicted molar refractivity (Wildman–Crippen MR) is 77.7 cm³/mol. The molecular formula is C13H12BrN3O3. The summed E-state index contributed by atoms with van der Waals surface area (Å²) in [6.45, 7) is 1.79. The van der Waals surface area contributed by atoms with Gasteiger partial charge in [0.2, 0.25) is 11.6 Å². The number of nitrogens with two attached hydrogens (primary N) is 1. The van der Waals surface area contributed by atoms with Gasteiger partial charge in [-0.1, -0.05) is 22.0 Å². The summed E-state index contributed by atoms with van der Waals surface area (Å²) in [7, 11) is 0. The molecule has 0 aliphatic carbocycles. The van der Waals surface area contributed by atoms with E-state index < -0.39 is 4.92 Å². The maximum Gasteiger partial charge on any atom is 0.312 e. The SMILES string of the molecule is CC(N)c1cccnc1Oc1ccc(Br)cc1[N+](=O)[O-]. The Balaban J connectivity index is 2.43. The molecule has 0 saturated carbocycles. The normalized spacial score (nSPS) is 11.9. The van der Waals surface area contributed by atoms with Crippen LogP contribution in [0.2, 0.25) is 0 Å². The van der Waals surface area contributed by atoms with Crippen LogP contribution < -0.4 is 10.5 Å². The van der Waals surface area contributed by atoms with Gasteiger partial charge >= 0.3 is 5.69 Å². The molecule has 6 nitrogen and oxygen atoms in total. The number of nitrogens with zero attached hydrogens (tertiary/aromatic N) is 2. The van der Waals surface area contributed by atoms with Crippen molar-refractivity contribution in [2.75, 3.05) is 0 Å². The van der Waals surface area contributed by atoms with Crippen molar-refractivity contribution in [1.82, 2.24) is 4.98 Å². The monoisotopic (exact) mass is 337 g/mol. The fourth-order valence-electron chi connectivity index (χ4n) is 1.66. The molecule has 1 heterocycles. The molecule has 7 heteroatoms. The second-order valence-electron chi connectivity index (χ2n) is 4.16. The first-order chi connectivity index (χ1) is 9.49. The highest BCUT2D eigenvalue weighted by Crippen LogP contribution is 2.34. The Morgan fingerprint density at radius 3 is 2.85 bits per heavy atom. The van der Waals surface area contributed by atoms with Crippen LogP contribution in [0.5, 0.6) is 11.6 Å². The van der Waals surface area contributed by atoms with Gasteiger partial charge in [0.15, 0.2) is 0 Å². The third-order valence-corrected chi connectivity index (χ3v) is 3.11. The molecule has 1 aromatic heterocycles. The summed E-state index contributed by atoms with van der Waals surface area (Å²) in [5, 5.41) is 11.0. The van der Waals surface area contributed by atoms with Crippen molar-refractivity contribution in [2.24, 2.45) is 5.73 Å². The average molecular weight is 338 g/mol. The standard InChI is InChI=1S/C13H12BrN3O3/c1-8(15)10-3-2-6-16-13(10)20-12-5-4-9(14)7-11(12)17(18)19/h2-8H,15H2,1H3. The molecule has 1 aromatic carbocycles. The van der Waals surface area contributed by atoms with Gasteiger partial charge in [0, 0.05) is 28.3 Å². The highest BCUT2D eigenvalue weighted by atomic mass is 79.9. The molecule has 0 radical (unpaired) electrons. The smallest absolute Gasteiger partial charge is 0.312 e. The molecule has 2 aromatic rings. The number of nitro benzene ring substituents is 1. The number of pyridine rings is 1. The van der Waals surface area contributed by atoms with E-state index in [0.717, 1.165) is 0 Å². The summed E-state index contributed by atoms with van der Waals surface area (Å²) in [6.07, 6.45) is 1.55. The largest absolute Gasteiger partial charge is 0.431 e. The van der Waals surface area contributed by atoms with Crippen molar-refractivity contribution < 1.29 is 9.66 Å². The van der Waals surface area contributed by atoms with Crippen LogP contribution in [0.1, 0.15) is 18.5 Å². The number of ether oxygens (including phenoxy) is 1. The molecule has 104 valence electrons. The van der Waals surface area contributed by atoms with Gasteiger partial charge in [-0.2, -0.15) is 0 Å². The van der Waals surface area contributed by atoms with E-state index in [1.165, 1.54) is 12.1 Å². The minimum atomic E-state index is -0.505. The van der Waals surface area contributed by atoms with Gasteiger partial charge in [-0.05, 0) is 25.1 Å². The van der Waals surface area contributed by atoms with Crippen LogP contribution in [0.25, 0.3) is 0 Å². The predicted octanol–water partition coefficient (Wildman–Crippen LogP) is 3.56. The summed E-state index contributed by atoms with van der Waals surface area (Å²) in [5.41, 5.74) is 6.38. The third kappa shape index (κ3) is 3.12. The van der Waals surface area contributed by atoms with Crippen LogP contribution in [0.4, 0.5) is 5.69 Å². The molecule has 0 aliphatic rings. The Labute approximate surface area is 123 Å². The van der Waals surface area contributed by atoms with Crippen molar-refractivity contribution >= 4 is 21.6 Å². The van der Waals surface area contributed by atoms with E-state index in [1.54, 1.807) is 31.3 Å².